The van der Waals surface area contributed by atoms with E-state index in [2.05, 4.69) is 9.97 Å². The number of H-pyrrole nitrogens is 1. The number of hydrogen-bond acceptors (Lipinski definition) is 3. The van der Waals surface area contributed by atoms with E-state index >= 15 is 0 Å². The number of rotatable bonds is 2. The largest absolute Gasteiger partial charge is 0.371 e. The summed E-state index contributed by atoms with van der Waals surface area (Å²) in [6.07, 6.45) is 3.97. The normalized spacial score (nSPS) is 15.9. The highest BCUT2D eigenvalue weighted by atomic mass is 16.5. The van der Waals surface area contributed by atoms with Gasteiger partial charge in [-0.1, -0.05) is 0 Å². The highest BCUT2D eigenvalue weighted by Crippen LogP contribution is 2.22. The second kappa shape index (κ2) is 4.01. The van der Waals surface area contributed by atoms with Crippen molar-refractivity contribution in [2.24, 2.45) is 0 Å². The van der Waals surface area contributed by atoms with E-state index in [1.165, 1.54) is 0 Å². The Balaban J connectivity index is 2.51. The maximum atomic E-state index is 11.9. The molecule has 1 aliphatic carbocycles. The van der Waals surface area contributed by atoms with E-state index in [9.17, 15) is 4.79 Å². The van der Waals surface area contributed by atoms with Crippen molar-refractivity contribution in [2.45, 2.75) is 45.1 Å². The Morgan fingerprint density at radius 3 is 2.69 bits per heavy atom. The molecule has 0 aliphatic heterocycles. The van der Waals surface area contributed by atoms with Gasteiger partial charge in [-0.3, -0.25) is 4.79 Å². The first-order chi connectivity index (χ1) is 7.54. The molecule has 4 nitrogen and oxygen atoms in total. The van der Waals surface area contributed by atoms with Gasteiger partial charge in [-0.2, -0.15) is 0 Å². The molecule has 0 fully saturated rings. The Kier molecular flexibility index (Phi) is 2.84. The predicted octanol–water partition coefficient (Wildman–Crippen LogP) is 1.53. The summed E-state index contributed by atoms with van der Waals surface area (Å²) in [7, 11) is 1.62. The Hall–Kier alpha value is -1.16. The zero-order valence-corrected chi connectivity index (χ0v) is 10.1. The van der Waals surface area contributed by atoms with E-state index in [0.29, 0.717) is 5.82 Å². The van der Waals surface area contributed by atoms with Gasteiger partial charge in [0.05, 0.1) is 5.69 Å². The Morgan fingerprint density at radius 1 is 1.31 bits per heavy atom. The molecule has 88 valence electrons. The molecule has 1 N–H and O–H groups in total. The summed E-state index contributed by atoms with van der Waals surface area (Å²) in [5, 5.41) is 0. The second-order valence-electron chi connectivity index (χ2n) is 4.76. The van der Waals surface area contributed by atoms with Crippen LogP contribution < -0.4 is 5.56 Å². The van der Waals surface area contributed by atoms with Crippen molar-refractivity contribution in [2.75, 3.05) is 7.11 Å². The van der Waals surface area contributed by atoms with Crippen molar-refractivity contribution in [3.8, 4) is 0 Å². The summed E-state index contributed by atoms with van der Waals surface area (Å²) in [4.78, 5) is 19.3. The van der Waals surface area contributed by atoms with E-state index in [0.717, 1.165) is 36.9 Å². The van der Waals surface area contributed by atoms with Crippen LogP contribution in [0.15, 0.2) is 4.79 Å². The summed E-state index contributed by atoms with van der Waals surface area (Å²) >= 11 is 0. The molecule has 1 aromatic rings. The van der Waals surface area contributed by atoms with Crippen LogP contribution in [0.3, 0.4) is 0 Å². The average molecular weight is 222 g/mol. The summed E-state index contributed by atoms with van der Waals surface area (Å²) in [6.45, 7) is 3.81. The van der Waals surface area contributed by atoms with Gasteiger partial charge in [-0.15, -0.1) is 0 Å². The zero-order valence-electron chi connectivity index (χ0n) is 10.1. The molecule has 0 amide bonds. The molecule has 1 aromatic heterocycles. The van der Waals surface area contributed by atoms with Crippen LogP contribution in [0.1, 0.15) is 43.8 Å². The van der Waals surface area contributed by atoms with Crippen LogP contribution in [0.5, 0.6) is 0 Å². The number of ether oxygens (including phenoxy) is 1. The lowest BCUT2D eigenvalue weighted by atomic mass is 9.96. The Morgan fingerprint density at radius 2 is 2.00 bits per heavy atom. The fraction of sp³-hybridized carbons (Fsp3) is 0.667. The summed E-state index contributed by atoms with van der Waals surface area (Å²) in [5.74, 6) is 0.626. The Bertz CT molecular complexity index is 449. The molecule has 16 heavy (non-hydrogen) atoms. The lowest BCUT2D eigenvalue weighted by molar-refractivity contribution is 0.0110. The van der Waals surface area contributed by atoms with Crippen LogP contribution in [0, 0.1) is 0 Å². The molecule has 0 radical (unpaired) electrons. The third kappa shape index (κ3) is 1.89. The second-order valence-corrected chi connectivity index (χ2v) is 4.76. The highest BCUT2D eigenvalue weighted by molar-refractivity contribution is 5.21. The standard InChI is InChI=1S/C12H18N2O2/c1-12(2,16-3)11-13-9-7-5-4-6-8(9)10(15)14-11/h4-7H2,1-3H3,(H,13,14,15). The van der Waals surface area contributed by atoms with E-state index in [4.69, 9.17) is 4.74 Å². The first kappa shape index (κ1) is 11.3. The SMILES string of the molecule is COC(C)(C)c1nc2c(c(=O)[nH]1)CCCC2. The minimum absolute atomic E-state index is 0.00447. The third-order valence-corrected chi connectivity index (χ3v) is 3.27. The number of fused-ring (bicyclic) bond motifs is 1. The lowest BCUT2D eigenvalue weighted by Gasteiger charge is -2.24. The molecular weight excluding hydrogens is 204 g/mol. The minimum Gasteiger partial charge on any atom is -0.371 e. The van der Waals surface area contributed by atoms with Crippen LogP contribution in [-0.4, -0.2) is 17.1 Å². The maximum Gasteiger partial charge on any atom is 0.254 e. The van der Waals surface area contributed by atoms with E-state index in [1.807, 2.05) is 13.8 Å². The number of aromatic nitrogens is 2. The molecule has 1 aliphatic rings. The van der Waals surface area contributed by atoms with E-state index in [-0.39, 0.29) is 5.56 Å². The van der Waals surface area contributed by atoms with E-state index in [1.54, 1.807) is 7.11 Å². The minimum atomic E-state index is -0.536. The zero-order chi connectivity index (χ0) is 11.8. The molecule has 4 heteroatoms. The van der Waals surface area contributed by atoms with Gasteiger partial charge in [0.1, 0.15) is 11.4 Å². The summed E-state index contributed by atoms with van der Waals surface area (Å²) in [5.41, 5.74) is 1.29. The Labute approximate surface area is 95.1 Å². The van der Waals surface area contributed by atoms with Crippen LogP contribution in [0.2, 0.25) is 0 Å². The molecule has 0 saturated heterocycles. The maximum absolute atomic E-state index is 11.9. The first-order valence-corrected chi connectivity index (χ1v) is 5.72. The topological polar surface area (TPSA) is 55.0 Å². The van der Waals surface area contributed by atoms with Crippen molar-refractivity contribution in [3.63, 3.8) is 0 Å². The number of aromatic amines is 1. The fourth-order valence-corrected chi connectivity index (χ4v) is 1.99. The van der Waals surface area contributed by atoms with Gasteiger partial charge in [0.15, 0.2) is 0 Å². The smallest absolute Gasteiger partial charge is 0.254 e. The van der Waals surface area contributed by atoms with Crippen molar-refractivity contribution in [1.29, 1.82) is 0 Å². The molecule has 0 bridgehead atoms. The van der Waals surface area contributed by atoms with Gasteiger partial charge in [0, 0.05) is 12.7 Å². The van der Waals surface area contributed by atoms with Gasteiger partial charge in [-0.25, -0.2) is 4.98 Å². The van der Waals surface area contributed by atoms with Crippen LogP contribution >= 0.6 is 0 Å². The number of nitrogens with one attached hydrogen (secondary N) is 1. The molecule has 0 aromatic carbocycles. The van der Waals surface area contributed by atoms with Crippen molar-refractivity contribution >= 4 is 0 Å². The highest BCUT2D eigenvalue weighted by Gasteiger charge is 2.25. The predicted molar refractivity (Wildman–Crippen MR) is 61.5 cm³/mol. The van der Waals surface area contributed by atoms with Crippen LogP contribution in [0.4, 0.5) is 0 Å². The molecule has 0 spiro atoms. The monoisotopic (exact) mass is 222 g/mol. The first-order valence-electron chi connectivity index (χ1n) is 5.72. The molecule has 1 heterocycles. The van der Waals surface area contributed by atoms with Crippen molar-refractivity contribution < 1.29 is 4.74 Å². The van der Waals surface area contributed by atoms with Crippen LogP contribution in [-0.2, 0) is 23.2 Å². The number of hydrogen-bond donors (Lipinski definition) is 1. The average Bonchev–Trinajstić information content (AvgIpc) is 2.29. The lowest BCUT2D eigenvalue weighted by Crippen LogP contribution is -2.30. The van der Waals surface area contributed by atoms with Gasteiger partial charge in [0.25, 0.3) is 5.56 Å². The van der Waals surface area contributed by atoms with Crippen LogP contribution in [0.25, 0.3) is 0 Å². The van der Waals surface area contributed by atoms with Gasteiger partial charge >= 0.3 is 0 Å². The molecular formula is C12H18N2O2. The van der Waals surface area contributed by atoms with Gasteiger partial charge < -0.3 is 9.72 Å². The van der Waals surface area contributed by atoms with Crippen molar-refractivity contribution in [1.82, 2.24) is 9.97 Å². The van der Waals surface area contributed by atoms with Crippen molar-refractivity contribution in [3.05, 3.63) is 27.4 Å². The summed E-state index contributed by atoms with van der Waals surface area (Å²) in [6, 6.07) is 0. The number of methoxy groups -OCH3 is 1. The van der Waals surface area contributed by atoms with Gasteiger partial charge in [-0.05, 0) is 39.5 Å². The molecule has 2 rings (SSSR count). The quantitative estimate of drug-likeness (QED) is 0.825. The number of aryl methyl sites for hydroxylation is 1. The molecule has 0 unspecified atom stereocenters. The summed E-state index contributed by atoms with van der Waals surface area (Å²) < 4.78 is 5.34. The fourth-order valence-electron chi connectivity index (χ4n) is 1.99. The van der Waals surface area contributed by atoms with Gasteiger partial charge in [0.2, 0.25) is 0 Å². The molecule has 0 atom stereocenters. The third-order valence-electron chi connectivity index (χ3n) is 3.27. The van der Waals surface area contributed by atoms with E-state index < -0.39 is 5.60 Å². The molecule has 0 saturated carbocycles. The number of nitrogens with zero attached hydrogens (tertiary/aromatic N) is 1.